The van der Waals surface area contributed by atoms with Crippen LogP contribution in [0.1, 0.15) is 52.7 Å². The minimum Gasteiger partial charge on any atom is -0.311 e. The molecule has 2 nitrogen and oxygen atoms in total. The highest BCUT2D eigenvalue weighted by Gasteiger charge is 2.46. The molecule has 0 bridgehead atoms. The van der Waals surface area contributed by atoms with Gasteiger partial charge in [0.1, 0.15) is 0 Å². The predicted octanol–water partition coefficient (Wildman–Crippen LogP) is 28.4. The largest absolute Gasteiger partial charge is 0.311 e. The number of anilines is 6. The van der Waals surface area contributed by atoms with Crippen LogP contribution in [-0.2, 0) is 10.8 Å². The van der Waals surface area contributed by atoms with Crippen LogP contribution >= 0.6 is 0 Å². The summed E-state index contributed by atoms with van der Waals surface area (Å²) in [6.45, 7) is 13.7. The lowest BCUT2D eigenvalue weighted by Crippen LogP contribution is -2.61. The molecule has 19 rings (SSSR count). The molecule has 0 atom stereocenters. The van der Waals surface area contributed by atoms with E-state index in [2.05, 4.69) is 458 Å². The van der Waals surface area contributed by atoms with Gasteiger partial charge in [0.15, 0.2) is 0 Å². The Bertz CT molecular complexity index is 5990. The molecule has 17 aromatic carbocycles. The molecule has 113 heavy (non-hydrogen) atoms. The van der Waals surface area contributed by atoms with Gasteiger partial charge in [-0.1, -0.05) is 399 Å². The Balaban J connectivity index is 0.986. The number of nitrogens with zero attached hydrogens (tertiary/aromatic N) is 2. The van der Waals surface area contributed by atoms with Gasteiger partial charge in [-0.2, -0.15) is 0 Å². The van der Waals surface area contributed by atoms with E-state index in [0.29, 0.717) is 0 Å². The molecule has 17 aromatic rings. The summed E-state index contributed by atoms with van der Waals surface area (Å²) in [5, 5.41) is 0. The third-order valence-corrected chi connectivity index (χ3v) is 23.1. The molecule has 0 N–H and O–H groups in total. The number of hydrogen-bond donors (Lipinski definition) is 0. The Morgan fingerprint density at radius 2 is 0.425 bits per heavy atom. The van der Waals surface area contributed by atoms with Gasteiger partial charge in [-0.05, 0) is 198 Å². The van der Waals surface area contributed by atoms with Crippen LogP contribution in [0.4, 0.5) is 34.1 Å². The van der Waals surface area contributed by atoms with Gasteiger partial charge in [-0.3, -0.25) is 0 Å². The standard InChI is InChI=1S/C110H85BN2/c1-109(2,3)92-64-60-84(68-88(92)74-38-17-7-18-39-74)86-62-66-96-94(70-86)111-95-71-87(85-61-65-93(110(4,5)6)89(69-85)75-40-19-8-20-41-75)63-67-97(95)113(101-73-91(77-44-23-10-24-45-77)103(79-48-27-12-28-49-79)107(83-56-35-16-36-57-83)105(101)81-52-31-14-32-53-81)99-59-37-58-98(108(99)111)112(96)100-72-90(76-42-21-9-22-43-76)102(78-46-25-11-26-47-78)106(82-54-33-15-34-55-82)104(100)80-50-29-13-30-51-80/h7-73H,1-6H3. The summed E-state index contributed by atoms with van der Waals surface area (Å²) >= 11 is 0. The van der Waals surface area contributed by atoms with Gasteiger partial charge < -0.3 is 9.80 Å². The average Bonchev–Trinajstić information content (AvgIpc) is 0.688. The van der Waals surface area contributed by atoms with E-state index in [1.807, 2.05) is 0 Å². The van der Waals surface area contributed by atoms with Crippen LogP contribution in [0, 0.1) is 0 Å². The number of rotatable bonds is 14. The smallest absolute Gasteiger partial charge is 0.252 e. The van der Waals surface area contributed by atoms with Gasteiger partial charge in [0, 0.05) is 45.0 Å². The molecule has 2 aliphatic rings. The lowest BCUT2D eigenvalue weighted by molar-refractivity contribution is 0.592. The first-order chi connectivity index (χ1) is 55.4. The van der Waals surface area contributed by atoms with Crippen molar-refractivity contribution in [2.45, 2.75) is 52.4 Å². The summed E-state index contributed by atoms with van der Waals surface area (Å²) in [7, 11) is 0. The Hall–Kier alpha value is -13.6. The number of benzene rings is 17. The Labute approximate surface area is 666 Å². The fourth-order valence-electron chi connectivity index (χ4n) is 18.1. The topological polar surface area (TPSA) is 6.48 Å². The SMILES string of the molecule is CC(C)(C)c1ccc(-c2ccc3c(c2)B2c4cc(-c5ccc(C(C)(C)C)c(-c6ccccc6)c5)ccc4N(c4cc(-c5ccccc5)c(-c5ccccc5)c(-c5ccccc5)c4-c4ccccc4)c4cccc(c42)N3c2cc(-c3ccccc3)c(-c3ccccc3)c(-c3ccccc3)c2-c2ccccc2)cc1-c1ccccc1. The summed E-state index contributed by atoms with van der Waals surface area (Å²) in [4.78, 5) is 5.35. The molecule has 0 amide bonds. The van der Waals surface area contributed by atoms with Crippen molar-refractivity contribution in [3.8, 4) is 134 Å². The third-order valence-electron chi connectivity index (χ3n) is 23.1. The second kappa shape index (κ2) is 29.0. The maximum atomic E-state index is 2.67. The van der Waals surface area contributed by atoms with Crippen molar-refractivity contribution in [3.63, 3.8) is 0 Å². The Kier molecular flexibility index (Phi) is 17.9. The van der Waals surface area contributed by atoms with Crippen LogP contribution in [-0.4, -0.2) is 6.71 Å². The molecule has 0 saturated heterocycles. The van der Waals surface area contributed by atoms with Crippen molar-refractivity contribution in [3.05, 3.63) is 418 Å². The first kappa shape index (κ1) is 69.8. The molecule has 0 fully saturated rings. The van der Waals surface area contributed by atoms with Gasteiger partial charge in [-0.25, -0.2) is 0 Å². The molecule has 2 heterocycles. The summed E-state index contributed by atoms with van der Waals surface area (Å²) in [6.07, 6.45) is 0. The Morgan fingerprint density at radius 3 is 0.717 bits per heavy atom. The van der Waals surface area contributed by atoms with Crippen molar-refractivity contribution >= 4 is 57.2 Å². The van der Waals surface area contributed by atoms with Gasteiger partial charge in [-0.15, -0.1) is 0 Å². The zero-order valence-electron chi connectivity index (χ0n) is 64.7. The van der Waals surface area contributed by atoms with Crippen molar-refractivity contribution in [1.29, 1.82) is 0 Å². The van der Waals surface area contributed by atoms with E-state index < -0.39 is 0 Å². The molecule has 2 aliphatic heterocycles. The van der Waals surface area contributed by atoms with Gasteiger partial charge in [0.2, 0.25) is 0 Å². The summed E-state index contributed by atoms with van der Waals surface area (Å²) in [5.74, 6) is 0. The zero-order chi connectivity index (χ0) is 76.3. The molecule has 3 heteroatoms. The molecular formula is C110H85BN2. The quantitative estimate of drug-likeness (QED) is 0.100. The van der Waals surface area contributed by atoms with E-state index in [0.717, 1.165) is 134 Å². The van der Waals surface area contributed by atoms with E-state index in [-0.39, 0.29) is 17.5 Å². The molecule has 0 spiro atoms. The van der Waals surface area contributed by atoms with E-state index >= 15 is 0 Å². The van der Waals surface area contributed by atoms with Crippen LogP contribution in [0.2, 0.25) is 0 Å². The minimum absolute atomic E-state index is 0.125. The highest BCUT2D eigenvalue weighted by Crippen LogP contribution is 2.58. The van der Waals surface area contributed by atoms with Gasteiger partial charge >= 0.3 is 0 Å². The van der Waals surface area contributed by atoms with Crippen LogP contribution in [0.3, 0.4) is 0 Å². The van der Waals surface area contributed by atoms with E-state index in [1.165, 1.54) is 60.9 Å². The molecule has 0 aliphatic carbocycles. The fraction of sp³-hybridized carbons (Fsp3) is 0.0727. The molecular weight excluding hydrogens is 1360 g/mol. The molecule has 0 aromatic heterocycles. The minimum atomic E-state index is -0.305. The summed E-state index contributed by atoms with van der Waals surface area (Å²) < 4.78 is 0. The lowest BCUT2D eigenvalue weighted by atomic mass is 9.33. The van der Waals surface area contributed by atoms with E-state index in [4.69, 9.17) is 0 Å². The van der Waals surface area contributed by atoms with Gasteiger partial charge in [0.25, 0.3) is 6.71 Å². The number of fused-ring (bicyclic) bond motifs is 4. The Morgan fingerprint density at radius 1 is 0.177 bits per heavy atom. The third kappa shape index (κ3) is 12.7. The normalized spacial score (nSPS) is 12.3. The molecule has 538 valence electrons. The van der Waals surface area contributed by atoms with Crippen molar-refractivity contribution in [1.82, 2.24) is 0 Å². The van der Waals surface area contributed by atoms with Crippen LogP contribution in [0.5, 0.6) is 0 Å². The van der Waals surface area contributed by atoms with Crippen molar-refractivity contribution < 1.29 is 0 Å². The van der Waals surface area contributed by atoms with Crippen LogP contribution in [0.25, 0.3) is 134 Å². The lowest BCUT2D eigenvalue weighted by Gasteiger charge is -2.45. The number of hydrogen-bond acceptors (Lipinski definition) is 2. The van der Waals surface area contributed by atoms with Crippen LogP contribution < -0.4 is 26.2 Å². The van der Waals surface area contributed by atoms with E-state index in [9.17, 15) is 0 Å². The van der Waals surface area contributed by atoms with E-state index in [1.54, 1.807) is 0 Å². The predicted molar refractivity (Wildman–Crippen MR) is 483 cm³/mol. The maximum absolute atomic E-state index is 2.67. The molecule has 0 saturated carbocycles. The average molecular weight is 1450 g/mol. The summed E-state index contributed by atoms with van der Waals surface area (Å²) in [5.41, 5.74) is 40.3. The van der Waals surface area contributed by atoms with Crippen LogP contribution in [0.15, 0.2) is 406 Å². The molecule has 0 unspecified atom stereocenters. The van der Waals surface area contributed by atoms with Gasteiger partial charge in [0.05, 0.1) is 11.4 Å². The second-order valence-corrected chi connectivity index (χ2v) is 32.2. The first-order valence-electron chi connectivity index (χ1n) is 39.7. The highest BCUT2D eigenvalue weighted by molar-refractivity contribution is 7.00. The summed E-state index contributed by atoms with van der Waals surface area (Å²) in [6, 6.07) is 153. The second-order valence-electron chi connectivity index (χ2n) is 32.2. The highest BCUT2D eigenvalue weighted by atomic mass is 15.2. The zero-order valence-corrected chi connectivity index (χ0v) is 64.7. The first-order valence-corrected chi connectivity index (χ1v) is 39.7. The van der Waals surface area contributed by atoms with Crippen molar-refractivity contribution in [2.24, 2.45) is 0 Å². The monoisotopic (exact) mass is 1440 g/mol. The van der Waals surface area contributed by atoms with Crippen molar-refractivity contribution in [2.75, 3.05) is 9.80 Å². The molecule has 0 radical (unpaired) electrons. The maximum Gasteiger partial charge on any atom is 0.252 e. The fourth-order valence-corrected chi connectivity index (χ4v) is 18.1.